The van der Waals surface area contributed by atoms with Crippen LogP contribution in [0.4, 0.5) is 11.4 Å². The van der Waals surface area contributed by atoms with E-state index in [1.807, 2.05) is 11.8 Å². The third kappa shape index (κ3) is 2.35. The summed E-state index contributed by atoms with van der Waals surface area (Å²) in [4.78, 5) is 26.0. The topological polar surface area (TPSA) is 88.5 Å². The Labute approximate surface area is 104 Å². The van der Waals surface area contributed by atoms with Crippen LogP contribution >= 0.6 is 0 Å². The number of ether oxygens (including phenoxy) is 1. The maximum Gasteiger partial charge on any atom is 0.356 e. The van der Waals surface area contributed by atoms with Gasteiger partial charge in [-0.1, -0.05) is 6.92 Å². The van der Waals surface area contributed by atoms with Crippen LogP contribution in [-0.4, -0.2) is 35.7 Å². The van der Waals surface area contributed by atoms with Crippen LogP contribution in [0.15, 0.2) is 17.1 Å². The van der Waals surface area contributed by atoms with E-state index < -0.39 is 16.2 Å². The molecule has 1 saturated heterocycles. The van der Waals surface area contributed by atoms with Gasteiger partial charge < -0.3 is 14.6 Å². The first-order chi connectivity index (χ1) is 8.63. The van der Waals surface area contributed by atoms with Crippen LogP contribution in [0.3, 0.4) is 0 Å². The zero-order valence-corrected chi connectivity index (χ0v) is 10.1. The summed E-state index contributed by atoms with van der Waals surface area (Å²) in [5, 5.41) is 11.0. The summed E-state index contributed by atoms with van der Waals surface area (Å²) in [6, 6.07) is 1.57. The zero-order chi connectivity index (χ0) is 13.1. The second-order valence-electron chi connectivity index (χ2n) is 4.14. The van der Waals surface area contributed by atoms with E-state index in [4.69, 9.17) is 4.74 Å². The molecule has 0 aromatic carbocycles. The number of nitrogens with one attached hydrogen (secondary N) is 1. The summed E-state index contributed by atoms with van der Waals surface area (Å²) in [7, 11) is 0. The van der Waals surface area contributed by atoms with Crippen molar-refractivity contribution in [2.24, 2.45) is 0 Å². The molecule has 2 heterocycles. The lowest BCUT2D eigenvalue weighted by Crippen LogP contribution is -2.42. The van der Waals surface area contributed by atoms with Gasteiger partial charge in [0, 0.05) is 19.3 Å². The van der Waals surface area contributed by atoms with E-state index in [2.05, 4.69) is 4.98 Å². The number of aromatic nitrogens is 1. The molecular weight excluding hydrogens is 238 g/mol. The predicted octanol–water partition coefficient (Wildman–Crippen LogP) is 0.898. The highest BCUT2D eigenvalue weighted by molar-refractivity contribution is 5.61. The van der Waals surface area contributed by atoms with Crippen LogP contribution in [0.2, 0.25) is 0 Å². The summed E-state index contributed by atoms with van der Waals surface area (Å²) < 4.78 is 5.51. The van der Waals surface area contributed by atoms with Crippen molar-refractivity contribution >= 4 is 11.4 Å². The van der Waals surface area contributed by atoms with Crippen molar-refractivity contribution in [1.29, 1.82) is 0 Å². The van der Waals surface area contributed by atoms with Crippen LogP contribution in [-0.2, 0) is 4.74 Å². The molecular formula is C11H15N3O4. The standard InChI is InChI=1S/C11H15N3O4/c1-2-8-7-13(5-6-18-8)9-3-4-12-11(15)10(9)14(16)17/h3-4,8H,2,5-7H2,1H3,(H,12,15). The van der Waals surface area contributed by atoms with Gasteiger partial charge in [-0.15, -0.1) is 0 Å². The van der Waals surface area contributed by atoms with Crippen molar-refractivity contribution in [2.45, 2.75) is 19.4 Å². The largest absolute Gasteiger partial charge is 0.375 e. The molecule has 1 N–H and O–H groups in total. The molecule has 1 unspecified atom stereocenters. The molecule has 1 aromatic rings. The van der Waals surface area contributed by atoms with Gasteiger partial charge in [0.2, 0.25) is 0 Å². The molecule has 1 aliphatic rings. The van der Waals surface area contributed by atoms with Crippen molar-refractivity contribution in [3.05, 3.63) is 32.7 Å². The van der Waals surface area contributed by atoms with E-state index in [9.17, 15) is 14.9 Å². The second kappa shape index (κ2) is 5.18. The molecule has 0 spiro atoms. The molecule has 0 radical (unpaired) electrons. The van der Waals surface area contributed by atoms with E-state index in [-0.39, 0.29) is 6.10 Å². The number of nitro groups is 1. The Morgan fingerprint density at radius 2 is 2.44 bits per heavy atom. The van der Waals surface area contributed by atoms with Crippen LogP contribution in [0, 0.1) is 10.1 Å². The van der Waals surface area contributed by atoms with Gasteiger partial charge in [0.15, 0.2) is 0 Å². The van der Waals surface area contributed by atoms with Crippen molar-refractivity contribution in [3.63, 3.8) is 0 Å². The number of hydrogen-bond acceptors (Lipinski definition) is 5. The third-order valence-electron chi connectivity index (χ3n) is 3.03. The van der Waals surface area contributed by atoms with Crippen LogP contribution in [0.5, 0.6) is 0 Å². The van der Waals surface area contributed by atoms with Gasteiger partial charge in [0.1, 0.15) is 5.69 Å². The van der Waals surface area contributed by atoms with E-state index in [0.29, 0.717) is 25.4 Å². The smallest absolute Gasteiger partial charge is 0.356 e. The Kier molecular flexibility index (Phi) is 3.61. The Hall–Kier alpha value is -1.89. The number of rotatable bonds is 3. The van der Waals surface area contributed by atoms with Gasteiger partial charge in [-0.05, 0) is 12.5 Å². The number of H-pyrrole nitrogens is 1. The normalized spacial score (nSPS) is 19.8. The first-order valence-electron chi connectivity index (χ1n) is 5.86. The minimum atomic E-state index is -0.669. The van der Waals surface area contributed by atoms with Crippen molar-refractivity contribution in [2.75, 3.05) is 24.6 Å². The Morgan fingerprint density at radius 3 is 3.11 bits per heavy atom. The fourth-order valence-corrected chi connectivity index (χ4v) is 2.08. The quantitative estimate of drug-likeness (QED) is 0.638. The van der Waals surface area contributed by atoms with Gasteiger partial charge >= 0.3 is 11.2 Å². The van der Waals surface area contributed by atoms with E-state index in [0.717, 1.165) is 6.42 Å². The lowest BCUT2D eigenvalue weighted by molar-refractivity contribution is -0.385. The number of hydrogen-bond donors (Lipinski definition) is 1. The average molecular weight is 253 g/mol. The number of nitrogens with zero attached hydrogens (tertiary/aromatic N) is 2. The fraction of sp³-hybridized carbons (Fsp3) is 0.545. The Balaban J connectivity index is 2.35. The molecule has 0 aliphatic carbocycles. The molecule has 1 aromatic heterocycles. The van der Waals surface area contributed by atoms with Crippen molar-refractivity contribution in [1.82, 2.24) is 4.98 Å². The highest BCUT2D eigenvalue weighted by Gasteiger charge is 2.27. The number of aromatic amines is 1. The zero-order valence-electron chi connectivity index (χ0n) is 10.1. The van der Waals surface area contributed by atoms with E-state index in [1.165, 1.54) is 6.20 Å². The SMILES string of the molecule is CCC1CN(c2cc[nH]c(=O)c2[N+](=O)[O-])CCO1. The average Bonchev–Trinajstić information content (AvgIpc) is 2.38. The van der Waals surface area contributed by atoms with Gasteiger partial charge in [0.05, 0.1) is 17.6 Å². The molecule has 2 rings (SSSR count). The maximum absolute atomic E-state index is 11.5. The summed E-state index contributed by atoms with van der Waals surface area (Å²) >= 11 is 0. The first-order valence-corrected chi connectivity index (χ1v) is 5.86. The second-order valence-corrected chi connectivity index (χ2v) is 4.14. The lowest BCUT2D eigenvalue weighted by atomic mass is 10.2. The maximum atomic E-state index is 11.5. The highest BCUT2D eigenvalue weighted by atomic mass is 16.6. The predicted molar refractivity (Wildman–Crippen MR) is 66.0 cm³/mol. The monoisotopic (exact) mass is 253 g/mol. The van der Waals surface area contributed by atoms with Crippen LogP contribution < -0.4 is 10.5 Å². The molecule has 0 amide bonds. The summed E-state index contributed by atoms with van der Waals surface area (Å²) in [5.74, 6) is 0. The molecule has 1 atom stereocenters. The van der Waals surface area contributed by atoms with Crippen LogP contribution in [0.25, 0.3) is 0 Å². The molecule has 7 heteroatoms. The minimum Gasteiger partial charge on any atom is -0.375 e. The van der Waals surface area contributed by atoms with Gasteiger partial charge in [-0.2, -0.15) is 0 Å². The third-order valence-corrected chi connectivity index (χ3v) is 3.03. The number of morpholine rings is 1. The van der Waals surface area contributed by atoms with E-state index >= 15 is 0 Å². The molecule has 98 valence electrons. The summed E-state index contributed by atoms with van der Waals surface area (Å²) in [6.45, 7) is 3.64. The summed E-state index contributed by atoms with van der Waals surface area (Å²) in [6.07, 6.45) is 2.33. The molecule has 1 fully saturated rings. The lowest BCUT2D eigenvalue weighted by Gasteiger charge is -2.33. The van der Waals surface area contributed by atoms with Crippen molar-refractivity contribution < 1.29 is 9.66 Å². The van der Waals surface area contributed by atoms with Gasteiger partial charge in [0.25, 0.3) is 0 Å². The molecule has 0 saturated carbocycles. The Bertz CT molecular complexity index is 499. The molecule has 0 bridgehead atoms. The van der Waals surface area contributed by atoms with Gasteiger partial charge in [-0.25, -0.2) is 0 Å². The van der Waals surface area contributed by atoms with Gasteiger partial charge in [-0.3, -0.25) is 14.9 Å². The van der Waals surface area contributed by atoms with Crippen LogP contribution in [0.1, 0.15) is 13.3 Å². The summed E-state index contributed by atoms with van der Waals surface area (Å²) in [5.41, 5.74) is -0.697. The minimum absolute atomic E-state index is 0.0534. The molecule has 18 heavy (non-hydrogen) atoms. The number of pyridine rings is 1. The fourth-order valence-electron chi connectivity index (χ4n) is 2.08. The highest BCUT2D eigenvalue weighted by Crippen LogP contribution is 2.25. The van der Waals surface area contributed by atoms with Crippen molar-refractivity contribution in [3.8, 4) is 0 Å². The van der Waals surface area contributed by atoms with E-state index in [1.54, 1.807) is 6.07 Å². The first kappa shape index (κ1) is 12.6. The Morgan fingerprint density at radius 1 is 1.67 bits per heavy atom. The number of anilines is 1. The molecule has 7 nitrogen and oxygen atoms in total. The molecule has 1 aliphatic heterocycles.